The van der Waals surface area contributed by atoms with E-state index in [0.29, 0.717) is 0 Å². The van der Waals surface area contributed by atoms with Crippen LogP contribution in [0.5, 0.6) is 0 Å². The van der Waals surface area contributed by atoms with Gasteiger partial charge in [-0.1, -0.05) is 25.5 Å². The molecule has 0 radical (unpaired) electrons. The van der Waals surface area contributed by atoms with E-state index in [9.17, 15) is 0 Å². The van der Waals surface area contributed by atoms with Gasteiger partial charge in [-0.05, 0) is 26.3 Å². The fourth-order valence-corrected chi connectivity index (χ4v) is 2.15. The summed E-state index contributed by atoms with van der Waals surface area (Å²) < 4.78 is 7.72. The van der Waals surface area contributed by atoms with Crippen molar-refractivity contribution >= 4 is 0 Å². The van der Waals surface area contributed by atoms with E-state index in [-0.39, 0.29) is 12.1 Å². The molecule has 0 aliphatic carbocycles. The largest absolute Gasteiger partial charge is 0.376 e. The Hall–Kier alpha value is -0.940. The molecule has 0 amide bonds. The zero-order valence-electron chi connectivity index (χ0n) is 12.0. The van der Waals surface area contributed by atoms with E-state index >= 15 is 0 Å². The Kier molecular flexibility index (Phi) is 6.90. The fraction of sp³-hybridized carbons (Fsp3) is 0.846. The van der Waals surface area contributed by atoms with Gasteiger partial charge in [0.1, 0.15) is 0 Å². The number of aryl methyl sites for hydroxylation is 1. The monoisotopic (exact) mass is 254 g/mol. The summed E-state index contributed by atoms with van der Waals surface area (Å²) in [4.78, 5) is 0. The number of nitrogens with one attached hydrogen (secondary N) is 1. The molecular weight excluding hydrogens is 228 g/mol. The first-order chi connectivity index (χ1) is 8.74. The molecule has 0 bridgehead atoms. The van der Waals surface area contributed by atoms with Crippen LogP contribution in [0.25, 0.3) is 0 Å². The number of ether oxygens (including phenoxy) is 1. The minimum absolute atomic E-state index is 0.171. The molecule has 1 aromatic rings. The molecule has 5 heteroatoms. The molecule has 0 fully saturated rings. The third-order valence-corrected chi connectivity index (χ3v) is 3.01. The van der Waals surface area contributed by atoms with Gasteiger partial charge in [0.05, 0.1) is 24.0 Å². The summed E-state index contributed by atoms with van der Waals surface area (Å²) >= 11 is 0. The van der Waals surface area contributed by atoms with Gasteiger partial charge in [-0.25, -0.2) is 0 Å². The maximum atomic E-state index is 5.89. The van der Waals surface area contributed by atoms with Crippen molar-refractivity contribution in [1.82, 2.24) is 20.3 Å². The minimum Gasteiger partial charge on any atom is -0.376 e. The van der Waals surface area contributed by atoms with E-state index in [1.165, 1.54) is 0 Å². The van der Waals surface area contributed by atoms with Crippen LogP contribution in [0.15, 0.2) is 6.20 Å². The second kappa shape index (κ2) is 8.21. The van der Waals surface area contributed by atoms with Crippen molar-refractivity contribution in [2.45, 2.75) is 52.2 Å². The van der Waals surface area contributed by atoms with E-state index in [1.807, 2.05) is 24.9 Å². The Morgan fingerprint density at radius 1 is 1.33 bits per heavy atom. The average Bonchev–Trinajstić information content (AvgIpc) is 2.77. The van der Waals surface area contributed by atoms with E-state index in [0.717, 1.165) is 38.1 Å². The van der Waals surface area contributed by atoms with Gasteiger partial charge in [-0.15, -0.1) is 5.10 Å². The molecule has 104 valence electrons. The summed E-state index contributed by atoms with van der Waals surface area (Å²) in [6, 6.07) is 0.171. The number of aromatic nitrogens is 3. The van der Waals surface area contributed by atoms with Crippen LogP contribution in [-0.2, 0) is 11.8 Å². The van der Waals surface area contributed by atoms with Crippen molar-refractivity contribution < 1.29 is 4.74 Å². The summed E-state index contributed by atoms with van der Waals surface area (Å²) in [5.74, 6) is 0. The highest BCUT2D eigenvalue weighted by atomic mass is 16.5. The fourth-order valence-electron chi connectivity index (χ4n) is 2.15. The number of rotatable bonds is 9. The Morgan fingerprint density at radius 2 is 2.11 bits per heavy atom. The highest BCUT2D eigenvalue weighted by Gasteiger charge is 2.25. The molecule has 18 heavy (non-hydrogen) atoms. The molecule has 5 nitrogen and oxygen atoms in total. The van der Waals surface area contributed by atoms with Gasteiger partial charge in [0.25, 0.3) is 0 Å². The maximum Gasteiger partial charge on any atom is 0.0785 e. The lowest BCUT2D eigenvalue weighted by molar-refractivity contribution is 0.0256. The molecular formula is C13H26N4O. The Bertz CT molecular complexity index is 321. The predicted molar refractivity (Wildman–Crippen MR) is 72.4 cm³/mol. The van der Waals surface area contributed by atoms with Gasteiger partial charge >= 0.3 is 0 Å². The smallest absolute Gasteiger partial charge is 0.0785 e. The van der Waals surface area contributed by atoms with Crippen molar-refractivity contribution in [2.75, 3.05) is 13.2 Å². The van der Waals surface area contributed by atoms with Crippen LogP contribution in [-0.4, -0.2) is 34.2 Å². The van der Waals surface area contributed by atoms with E-state index < -0.39 is 0 Å². The SMILES string of the molecule is CCCNC(c1cnnn1C)C(CCC)OCC. The molecule has 1 rings (SSSR count). The molecule has 2 unspecified atom stereocenters. The summed E-state index contributed by atoms with van der Waals surface area (Å²) in [7, 11) is 1.93. The van der Waals surface area contributed by atoms with Crippen molar-refractivity contribution in [3.05, 3.63) is 11.9 Å². The zero-order chi connectivity index (χ0) is 13.4. The van der Waals surface area contributed by atoms with Gasteiger partial charge < -0.3 is 10.1 Å². The molecule has 0 saturated heterocycles. The van der Waals surface area contributed by atoms with E-state index in [2.05, 4.69) is 29.5 Å². The van der Waals surface area contributed by atoms with Crippen LogP contribution >= 0.6 is 0 Å². The second-order valence-electron chi connectivity index (χ2n) is 4.50. The quantitative estimate of drug-likeness (QED) is 0.733. The lowest BCUT2D eigenvalue weighted by Gasteiger charge is -2.27. The van der Waals surface area contributed by atoms with Crippen molar-refractivity contribution in [1.29, 1.82) is 0 Å². The van der Waals surface area contributed by atoms with Crippen LogP contribution in [0.4, 0.5) is 0 Å². The first kappa shape index (κ1) is 15.1. The van der Waals surface area contributed by atoms with Crippen LogP contribution in [0.1, 0.15) is 51.8 Å². The molecule has 0 aliphatic rings. The molecule has 0 aromatic carbocycles. The highest BCUT2D eigenvalue weighted by Crippen LogP contribution is 2.21. The number of hydrogen-bond donors (Lipinski definition) is 1. The first-order valence-electron chi connectivity index (χ1n) is 6.94. The van der Waals surface area contributed by atoms with Crippen molar-refractivity contribution in [2.24, 2.45) is 7.05 Å². The summed E-state index contributed by atoms with van der Waals surface area (Å²) in [6.45, 7) is 8.11. The average molecular weight is 254 g/mol. The molecule has 1 N–H and O–H groups in total. The third-order valence-electron chi connectivity index (χ3n) is 3.01. The first-order valence-corrected chi connectivity index (χ1v) is 6.94. The van der Waals surface area contributed by atoms with Crippen LogP contribution in [0.2, 0.25) is 0 Å². The lowest BCUT2D eigenvalue weighted by atomic mass is 10.0. The highest BCUT2D eigenvalue weighted by molar-refractivity contribution is 5.05. The van der Waals surface area contributed by atoms with Gasteiger partial charge in [0, 0.05) is 13.7 Å². The lowest BCUT2D eigenvalue weighted by Crippen LogP contribution is -2.35. The van der Waals surface area contributed by atoms with Crippen molar-refractivity contribution in [3.63, 3.8) is 0 Å². The molecule has 0 saturated carbocycles. The van der Waals surface area contributed by atoms with Gasteiger partial charge in [-0.3, -0.25) is 4.68 Å². The molecule has 2 atom stereocenters. The van der Waals surface area contributed by atoms with Crippen LogP contribution in [0.3, 0.4) is 0 Å². The van der Waals surface area contributed by atoms with Gasteiger partial charge in [0.2, 0.25) is 0 Å². The molecule has 0 spiro atoms. The molecule has 0 aliphatic heterocycles. The second-order valence-corrected chi connectivity index (χ2v) is 4.50. The Morgan fingerprint density at radius 3 is 2.61 bits per heavy atom. The third kappa shape index (κ3) is 4.07. The Balaban J connectivity index is 2.84. The van der Waals surface area contributed by atoms with Crippen LogP contribution in [0, 0.1) is 0 Å². The van der Waals surface area contributed by atoms with E-state index in [4.69, 9.17) is 4.74 Å². The summed E-state index contributed by atoms with van der Waals surface area (Å²) in [5.41, 5.74) is 1.09. The number of nitrogens with zero attached hydrogens (tertiary/aromatic N) is 3. The van der Waals surface area contributed by atoms with Crippen molar-refractivity contribution in [3.8, 4) is 0 Å². The minimum atomic E-state index is 0.171. The van der Waals surface area contributed by atoms with E-state index in [1.54, 1.807) is 0 Å². The summed E-state index contributed by atoms with van der Waals surface area (Å²) in [6.07, 6.45) is 5.27. The van der Waals surface area contributed by atoms with Gasteiger partial charge in [0.15, 0.2) is 0 Å². The van der Waals surface area contributed by atoms with Gasteiger partial charge in [-0.2, -0.15) is 0 Å². The zero-order valence-corrected chi connectivity index (χ0v) is 12.0. The normalized spacial score (nSPS) is 14.7. The molecule has 1 heterocycles. The number of hydrogen-bond acceptors (Lipinski definition) is 4. The summed E-state index contributed by atoms with van der Waals surface area (Å²) in [5, 5.41) is 11.5. The Labute approximate surface area is 110 Å². The van der Waals surface area contributed by atoms with Crippen LogP contribution < -0.4 is 5.32 Å². The maximum absolute atomic E-state index is 5.89. The molecule has 1 aromatic heterocycles. The predicted octanol–water partition coefficient (Wildman–Crippen LogP) is 2.06. The standard InChI is InChI=1S/C13H26N4O/c1-5-8-12(18-7-3)13(14-9-6-2)11-10-15-16-17(11)4/h10,12-14H,5-9H2,1-4H3. The topological polar surface area (TPSA) is 52.0 Å².